The molecule has 6 heteroatoms. The second kappa shape index (κ2) is 5.92. The molecule has 2 aliphatic rings. The Balaban J connectivity index is 1.93. The summed E-state index contributed by atoms with van der Waals surface area (Å²) in [7, 11) is 0. The predicted molar refractivity (Wildman–Crippen MR) is 84.0 cm³/mol. The number of fused-ring (bicyclic) bond motifs is 1. The summed E-state index contributed by atoms with van der Waals surface area (Å²) in [5.41, 5.74) is -0.604. The standard InChI is InChI=1S/C18H20O6/c1-18(2,3)24-17(21)13(14(19)10-7-8-10)15(20)11-5-4-6-12-16(11)23-9-22-12/h4-6,10,13H,7-9H2,1-3H3. The molecule has 1 atom stereocenters. The van der Waals surface area contributed by atoms with Crippen LogP contribution in [0, 0.1) is 11.8 Å². The third kappa shape index (κ3) is 3.27. The van der Waals surface area contributed by atoms with E-state index in [0.717, 1.165) is 0 Å². The molecule has 0 aromatic heterocycles. The number of ketones is 2. The maximum Gasteiger partial charge on any atom is 0.325 e. The molecule has 1 aromatic carbocycles. The summed E-state index contributed by atoms with van der Waals surface area (Å²) in [5.74, 6) is -2.75. The topological polar surface area (TPSA) is 78.9 Å². The molecule has 0 saturated heterocycles. The molecule has 1 heterocycles. The van der Waals surface area contributed by atoms with Crippen LogP contribution in [0.3, 0.4) is 0 Å². The smallest absolute Gasteiger partial charge is 0.325 e. The van der Waals surface area contributed by atoms with E-state index in [1.165, 1.54) is 6.07 Å². The van der Waals surface area contributed by atoms with Crippen molar-refractivity contribution in [3.8, 4) is 11.5 Å². The molecule has 0 N–H and O–H groups in total. The van der Waals surface area contributed by atoms with E-state index in [1.807, 2.05) is 0 Å². The quantitative estimate of drug-likeness (QED) is 0.468. The minimum Gasteiger partial charge on any atom is -0.459 e. The van der Waals surface area contributed by atoms with E-state index < -0.39 is 23.3 Å². The molecular formula is C18H20O6. The normalized spacial score (nSPS) is 17.3. The lowest BCUT2D eigenvalue weighted by molar-refractivity contribution is -0.160. The molecule has 3 rings (SSSR count). The van der Waals surface area contributed by atoms with Gasteiger partial charge in [-0.1, -0.05) is 6.07 Å². The van der Waals surface area contributed by atoms with Gasteiger partial charge in [0.25, 0.3) is 0 Å². The van der Waals surface area contributed by atoms with Gasteiger partial charge in [-0.2, -0.15) is 0 Å². The number of benzene rings is 1. The van der Waals surface area contributed by atoms with Crippen LogP contribution in [-0.2, 0) is 14.3 Å². The van der Waals surface area contributed by atoms with Crippen molar-refractivity contribution in [3.63, 3.8) is 0 Å². The Morgan fingerprint density at radius 3 is 2.50 bits per heavy atom. The van der Waals surface area contributed by atoms with Gasteiger partial charge in [0.05, 0.1) is 5.56 Å². The number of carbonyl (C=O) groups excluding carboxylic acids is 3. The molecule has 1 fully saturated rings. The summed E-state index contributed by atoms with van der Waals surface area (Å²) < 4.78 is 15.9. The summed E-state index contributed by atoms with van der Waals surface area (Å²) in [4.78, 5) is 38.0. The highest BCUT2D eigenvalue weighted by molar-refractivity contribution is 6.24. The molecule has 0 bridgehead atoms. The van der Waals surface area contributed by atoms with Crippen molar-refractivity contribution >= 4 is 17.5 Å². The van der Waals surface area contributed by atoms with Crippen LogP contribution in [0.2, 0.25) is 0 Å². The number of rotatable bonds is 5. The number of esters is 1. The van der Waals surface area contributed by atoms with E-state index in [9.17, 15) is 14.4 Å². The predicted octanol–water partition coefficient (Wildman–Crippen LogP) is 2.54. The third-order valence-corrected chi connectivity index (χ3v) is 3.83. The molecule has 1 aliphatic heterocycles. The van der Waals surface area contributed by atoms with Crippen LogP contribution in [0.25, 0.3) is 0 Å². The van der Waals surface area contributed by atoms with E-state index >= 15 is 0 Å². The van der Waals surface area contributed by atoms with Gasteiger partial charge in [-0.3, -0.25) is 14.4 Å². The fraction of sp³-hybridized carbons (Fsp3) is 0.500. The number of Topliss-reactive ketones (excluding diaryl/α,β-unsaturated/α-hetero) is 2. The number of para-hydroxylation sites is 1. The van der Waals surface area contributed by atoms with E-state index in [2.05, 4.69) is 0 Å². The summed E-state index contributed by atoms with van der Waals surface area (Å²) >= 11 is 0. The van der Waals surface area contributed by atoms with Crippen molar-refractivity contribution in [1.29, 1.82) is 0 Å². The highest BCUT2D eigenvalue weighted by atomic mass is 16.7. The lowest BCUT2D eigenvalue weighted by Crippen LogP contribution is -2.38. The van der Waals surface area contributed by atoms with Gasteiger partial charge in [-0.25, -0.2) is 0 Å². The lowest BCUT2D eigenvalue weighted by atomic mass is 9.90. The molecular weight excluding hydrogens is 312 g/mol. The Morgan fingerprint density at radius 1 is 1.17 bits per heavy atom. The van der Waals surface area contributed by atoms with E-state index in [0.29, 0.717) is 18.6 Å². The summed E-state index contributed by atoms with van der Waals surface area (Å²) in [6.07, 6.45) is 1.41. The first kappa shape index (κ1) is 16.5. The third-order valence-electron chi connectivity index (χ3n) is 3.83. The summed E-state index contributed by atoms with van der Waals surface area (Å²) in [6.45, 7) is 5.11. The Hall–Kier alpha value is -2.37. The van der Waals surface area contributed by atoms with Crippen molar-refractivity contribution in [2.24, 2.45) is 11.8 Å². The van der Waals surface area contributed by atoms with Crippen LogP contribution in [0.4, 0.5) is 0 Å². The average molecular weight is 332 g/mol. The van der Waals surface area contributed by atoms with Gasteiger partial charge in [0.15, 0.2) is 29.0 Å². The van der Waals surface area contributed by atoms with Gasteiger partial charge in [-0.15, -0.1) is 0 Å². The zero-order valence-corrected chi connectivity index (χ0v) is 14.0. The second-order valence-electron chi connectivity index (χ2n) is 7.05. The lowest BCUT2D eigenvalue weighted by Gasteiger charge is -2.23. The zero-order valence-electron chi connectivity index (χ0n) is 14.0. The first-order chi connectivity index (χ1) is 11.3. The Kier molecular flexibility index (Phi) is 4.07. The zero-order chi connectivity index (χ0) is 17.5. The summed E-state index contributed by atoms with van der Waals surface area (Å²) in [6, 6.07) is 4.84. The molecule has 24 heavy (non-hydrogen) atoms. The van der Waals surface area contributed by atoms with Crippen LogP contribution in [0.1, 0.15) is 44.0 Å². The van der Waals surface area contributed by atoms with Crippen molar-refractivity contribution in [2.45, 2.75) is 39.2 Å². The number of hydrogen-bond donors (Lipinski definition) is 0. The van der Waals surface area contributed by atoms with Crippen LogP contribution in [0.15, 0.2) is 18.2 Å². The van der Waals surface area contributed by atoms with E-state index in [-0.39, 0.29) is 29.8 Å². The maximum absolute atomic E-state index is 12.9. The van der Waals surface area contributed by atoms with E-state index in [1.54, 1.807) is 32.9 Å². The second-order valence-corrected chi connectivity index (χ2v) is 7.05. The highest BCUT2D eigenvalue weighted by Crippen LogP contribution is 2.39. The molecule has 6 nitrogen and oxygen atoms in total. The fourth-order valence-corrected chi connectivity index (χ4v) is 2.60. The van der Waals surface area contributed by atoms with Crippen LogP contribution >= 0.6 is 0 Å². The fourth-order valence-electron chi connectivity index (χ4n) is 2.60. The van der Waals surface area contributed by atoms with Crippen molar-refractivity contribution in [3.05, 3.63) is 23.8 Å². The molecule has 0 spiro atoms. The Morgan fingerprint density at radius 2 is 1.88 bits per heavy atom. The minimum absolute atomic E-state index is 0.00724. The van der Waals surface area contributed by atoms with Gasteiger partial charge in [0, 0.05) is 5.92 Å². The van der Waals surface area contributed by atoms with Gasteiger partial charge in [0.2, 0.25) is 6.79 Å². The monoisotopic (exact) mass is 332 g/mol. The number of carbonyl (C=O) groups is 3. The molecule has 1 saturated carbocycles. The van der Waals surface area contributed by atoms with Gasteiger partial charge in [0.1, 0.15) is 5.60 Å². The Bertz CT molecular complexity index is 696. The molecule has 1 unspecified atom stereocenters. The molecule has 128 valence electrons. The molecule has 0 amide bonds. The van der Waals surface area contributed by atoms with Gasteiger partial charge < -0.3 is 14.2 Å². The molecule has 1 aliphatic carbocycles. The molecule has 1 aromatic rings. The van der Waals surface area contributed by atoms with Gasteiger partial charge >= 0.3 is 5.97 Å². The van der Waals surface area contributed by atoms with Crippen molar-refractivity contribution < 1.29 is 28.6 Å². The largest absolute Gasteiger partial charge is 0.459 e. The number of ether oxygens (including phenoxy) is 3. The highest BCUT2D eigenvalue weighted by Gasteiger charge is 2.45. The van der Waals surface area contributed by atoms with Crippen LogP contribution in [0.5, 0.6) is 11.5 Å². The van der Waals surface area contributed by atoms with Crippen LogP contribution < -0.4 is 9.47 Å². The summed E-state index contributed by atoms with van der Waals surface area (Å²) in [5, 5.41) is 0. The van der Waals surface area contributed by atoms with Gasteiger partial charge in [-0.05, 0) is 45.7 Å². The maximum atomic E-state index is 12.9. The van der Waals surface area contributed by atoms with Crippen molar-refractivity contribution in [2.75, 3.05) is 6.79 Å². The van der Waals surface area contributed by atoms with E-state index in [4.69, 9.17) is 14.2 Å². The van der Waals surface area contributed by atoms with Crippen LogP contribution in [-0.4, -0.2) is 29.9 Å². The SMILES string of the molecule is CC(C)(C)OC(=O)C(C(=O)c1cccc2c1OCO2)C(=O)C1CC1. The number of hydrogen-bond acceptors (Lipinski definition) is 6. The molecule has 0 radical (unpaired) electrons. The Labute approximate surface area is 140 Å². The van der Waals surface area contributed by atoms with Crippen molar-refractivity contribution in [1.82, 2.24) is 0 Å². The average Bonchev–Trinajstić information content (AvgIpc) is 3.22. The first-order valence-electron chi connectivity index (χ1n) is 7.97. The first-order valence-corrected chi connectivity index (χ1v) is 7.97. The minimum atomic E-state index is -1.45.